The van der Waals surface area contributed by atoms with Crippen molar-refractivity contribution in [2.45, 2.75) is 143 Å². The maximum atomic E-state index is 14.4. The summed E-state index contributed by atoms with van der Waals surface area (Å²) >= 11 is 0. The lowest BCUT2D eigenvalue weighted by Crippen LogP contribution is -2.60. The number of hydrogen-bond donors (Lipinski definition) is 6. The predicted molar refractivity (Wildman–Crippen MR) is 301 cm³/mol. The number of carbonyl (C=O) groups is 8. The summed E-state index contributed by atoms with van der Waals surface area (Å²) < 4.78 is 17.3. The maximum Gasteiger partial charge on any atom is 0.410 e. The molecule has 1 aliphatic carbocycles. The molecule has 20 nitrogen and oxygen atoms in total. The average molecular weight is 1100 g/mol. The molecule has 79 heavy (non-hydrogen) atoms. The number of urea groups is 1. The van der Waals surface area contributed by atoms with E-state index in [1.165, 1.54) is 11.9 Å². The number of fused-ring (bicyclic) bond motifs is 3. The molecule has 7 atom stereocenters. The Morgan fingerprint density at radius 1 is 0.709 bits per heavy atom. The standard InChI is InChI=1S/C59H85N9O11/c1-12-38(8)52(47(77-11)32-48(69)68-30-17-18-31-68)66(9)56(73)50(36(4)5)64-55(72)51(37(6)7)67(10)59(76)79-33-39-25-27-40(28-26-39)62-53(70)46(24-19-29-61-57(60)74)63-54(71)49(35(2)3)65-58(75)78-34-45-43-22-15-13-20-41(43)42-21-14-16-23-44(42)45/h13-16,20-23,25-28,35-38,45-47,49-52H,12,17-19,24,29-34H2,1-11H3,(H,62,70)(H,63,71)(H,64,72)(H,65,75)(H3,60,61,74)/t38?,46?,47-,49+,50+,51+,52+/m1/s1. The van der Waals surface area contributed by atoms with Crippen molar-refractivity contribution in [1.29, 1.82) is 0 Å². The van der Waals surface area contributed by atoms with Gasteiger partial charge in [-0.25, -0.2) is 14.4 Å². The molecule has 0 saturated carbocycles. The van der Waals surface area contributed by atoms with E-state index >= 15 is 0 Å². The van der Waals surface area contributed by atoms with Gasteiger partial charge in [-0.2, -0.15) is 0 Å². The first-order valence-electron chi connectivity index (χ1n) is 27.7. The van der Waals surface area contributed by atoms with E-state index in [9.17, 15) is 38.4 Å². The van der Waals surface area contributed by atoms with Crippen LogP contribution in [0.2, 0.25) is 0 Å². The Balaban J connectivity index is 1.18. The number of ether oxygens (including phenoxy) is 3. The largest absolute Gasteiger partial charge is 0.449 e. The van der Waals surface area contributed by atoms with E-state index in [1.54, 1.807) is 71.0 Å². The van der Waals surface area contributed by atoms with Crippen molar-refractivity contribution in [3.05, 3.63) is 89.5 Å². The van der Waals surface area contributed by atoms with Crippen LogP contribution in [0.5, 0.6) is 0 Å². The number of nitrogens with one attached hydrogen (secondary N) is 5. The number of primary amides is 1. The topological polar surface area (TPSA) is 260 Å². The van der Waals surface area contributed by atoms with Crippen LogP contribution in [0.4, 0.5) is 20.1 Å². The predicted octanol–water partition coefficient (Wildman–Crippen LogP) is 6.76. The van der Waals surface area contributed by atoms with E-state index in [2.05, 4.69) is 26.6 Å². The fourth-order valence-corrected chi connectivity index (χ4v) is 10.5. The number of anilines is 1. The van der Waals surface area contributed by atoms with Crippen molar-refractivity contribution >= 4 is 53.4 Å². The molecule has 20 heteroatoms. The number of nitrogens with zero attached hydrogens (tertiary/aromatic N) is 3. The third-order valence-corrected chi connectivity index (χ3v) is 15.1. The second-order valence-corrected chi connectivity index (χ2v) is 21.8. The van der Waals surface area contributed by atoms with Gasteiger partial charge in [-0.05, 0) is 89.3 Å². The molecule has 3 aromatic rings. The average Bonchev–Trinajstić information content (AvgIpc) is 4.32. The molecule has 1 heterocycles. The number of amides is 9. The van der Waals surface area contributed by atoms with E-state index < -0.39 is 78.2 Å². The van der Waals surface area contributed by atoms with Crippen LogP contribution in [0.25, 0.3) is 11.1 Å². The monoisotopic (exact) mass is 1100 g/mol. The molecular formula is C59H85N9O11. The molecule has 1 saturated heterocycles. The van der Waals surface area contributed by atoms with Gasteiger partial charge in [0.1, 0.15) is 37.4 Å². The maximum absolute atomic E-state index is 14.4. The molecule has 0 bridgehead atoms. The lowest BCUT2D eigenvalue weighted by Gasteiger charge is -2.40. The summed E-state index contributed by atoms with van der Waals surface area (Å²) in [6.45, 7) is 16.2. The smallest absolute Gasteiger partial charge is 0.410 e. The van der Waals surface area contributed by atoms with Crippen LogP contribution in [-0.2, 0) is 44.8 Å². The highest BCUT2D eigenvalue weighted by atomic mass is 16.6. The fourth-order valence-electron chi connectivity index (χ4n) is 10.5. The minimum absolute atomic E-state index is 0.0113. The van der Waals surface area contributed by atoms with E-state index in [0.717, 1.165) is 41.5 Å². The Bertz CT molecular complexity index is 2520. The Kier molecular flexibility index (Phi) is 23.5. The minimum Gasteiger partial charge on any atom is -0.449 e. The molecule has 1 fully saturated rings. The van der Waals surface area contributed by atoms with Crippen molar-refractivity contribution in [1.82, 2.24) is 36.0 Å². The van der Waals surface area contributed by atoms with E-state index in [0.29, 0.717) is 24.3 Å². The second kappa shape index (κ2) is 29.7. The zero-order chi connectivity index (χ0) is 58.1. The van der Waals surface area contributed by atoms with Gasteiger partial charge in [0.15, 0.2) is 0 Å². The summed E-state index contributed by atoms with van der Waals surface area (Å²) in [6.07, 6.45) is 1.00. The Morgan fingerprint density at radius 2 is 1.30 bits per heavy atom. The second-order valence-electron chi connectivity index (χ2n) is 21.8. The number of hydrogen-bond acceptors (Lipinski definition) is 11. The zero-order valence-corrected chi connectivity index (χ0v) is 48.0. The molecule has 0 radical (unpaired) electrons. The van der Waals surface area contributed by atoms with Crippen LogP contribution in [-0.4, -0.2) is 146 Å². The third-order valence-electron chi connectivity index (χ3n) is 15.1. The molecule has 9 amide bonds. The number of likely N-dealkylation sites (N-methyl/N-ethyl adjacent to an activating group) is 2. The van der Waals surface area contributed by atoms with Crippen LogP contribution >= 0.6 is 0 Å². The molecule has 0 aromatic heterocycles. The lowest BCUT2D eigenvalue weighted by molar-refractivity contribution is -0.146. The number of benzene rings is 3. The first-order chi connectivity index (χ1) is 37.6. The summed E-state index contributed by atoms with van der Waals surface area (Å²) in [6, 6.07) is 17.1. The van der Waals surface area contributed by atoms with Gasteiger partial charge in [-0.15, -0.1) is 0 Å². The van der Waals surface area contributed by atoms with Crippen molar-refractivity contribution in [2.75, 3.05) is 52.8 Å². The Hall–Kier alpha value is -7.22. The van der Waals surface area contributed by atoms with Gasteiger partial charge in [0, 0.05) is 52.4 Å². The summed E-state index contributed by atoms with van der Waals surface area (Å²) in [4.78, 5) is 112. The van der Waals surface area contributed by atoms with Crippen molar-refractivity contribution in [2.24, 2.45) is 29.4 Å². The number of carbonyl (C=O) groups excluding carboxylic acids is 8. The molecule has 2 aliphatic rings. The van der Waals surface area contributed by atoms with E-state index in [1.807, 2.05) is 81.1 Å². The molecule has 3 aromatic carbocycles. The molecule has 1 aliphatic heterocycles. The summed E-state index contributed by atoms with van der Waals surface area (Å²) in [5, 5.41) is 13.7. The SMILES string of the molecule is CCC(C)[C@@H]([C@@H](CC(=O)N1CCCC1)OC)N(C)C(=O)[C@@H](NC(=O)[C@H](C(C)C)N(C)C(=O)OCc1ccc(NC(=O)C(CCCNC(N)=O)NC(=O)[C@@H](NC(=O)OCC2c3ccccc3-c3ccccc32)C(C)C)cc1)C(C)C. The van der Waals surface area contributed by atoms with Gasteiger partial charge in [0.2, 0.25) is 29.5 Å². The van der Waals surface area contributed by atoms with Crippen LogP contribution in [0, 0.1) is 23.7 Å². The van der Waals surface area contributed by atoms with Crippen LogP contribution in [0.3, 0.4) is 0 Å². The van der Waals surface area contributed by atoms with Crippen molar-refractivity contribution in [3.63, 3.8) is 0 Å². The molecule has 0 spiro atoms. The lowest BCUT2D eigenvalue weighted by atomic mass is 9.89. The van der Waals surface area contributed by atoms with Gasteiger partial charge in [0.05, 0.1) is 18.6 Å². The minimum atomic E-state index is -1.10. The van der Waals surface area contributed by atoms with Gasteiger partial charge in [-0.3, -0.25) is 28.9 Å². The fraction of sp³-hybridized carbons (Fsp3) is 0.559. The molecular weight excluding hydrogens is 1010 g/mol. The number of likely N-dealkylation sites (tertiary alicyclic amines) is 1. The quantitative estimate of drug-likeness (QED) is 0.0435. The summed E-state index contributed by atoms with van der Waals surface area (Å²) in [5.41, 5.74) is 10.4. The van der Waals surface area contributed by atoms with Crippen LogP contribution in [0.1, 0.15) is 117 Å². The van der Waals surface area contributed by atoms with Gasteiger partial charge < -0.3 is 56.3 Å². The van der Waals surface area contributed by atoms with Crippen LogP contribution in [0.15, 0.2) is 72.8 Å². The normalized spacial score (nSPS) is 15.6. The van der Waals surface area contributed by atoms with Crippen molar-refractivity contribution < 1.29 is 52.6 Å². The van der Waals surface area contributed by atoms with Gasteiger partial charge in [-0.1, -0.05) is 122 Å². The zero-order valence-electron chi connectivity index (χ0n) is 48.0. The number of alkyl carbamates (subject to hydrolysis) is 1. The number of methoxy groups -OCH3 is 1. The summed E-state index contributed by atoms with van der Waals surface area (Å²) in [7, 11) is 4.70. The molecule has 5 rings (SSSR count). The third kappa shape index (κ3) is 16.9. The molecule has 7 N–H and O–H groups in total. The van der Waals surface area contributed by atoms with Gasteiger partial charge >= 0.3 is 18.2 Å². The van der Waals surface area contributed by atoms with Crippen molar-refractivity contribution in [3.8, 4) is 11.1 Å². The molecule has 432 valence electrons. The first kappa shape index (κ1) is 62.6. The molecule has 2 unspecified atom stereocenters. The van der Waals surface area contributed by atoms with Gasteiger partial charge in [0.25, 0.3) is 0 Å². The number of rotatable bonds is 27. The summed E-state index contributed by atoms with van der Waals surface area (Å²) in [5.74, 6) is -3.40. The van der Waals surface area contributed by atoms with E-state index in [-0.39, 0.29) is 74.5 Å². The highest BCUT2D eigenvalue weighted by molar-refractivity contribution is 5.98. The number of nitrogens with two attached hydrogens (primary N) is 1. The Morgan fingerprint density at radius 3 is 1.85 bits per heavy atom. The van der Waals surface area contributed by atoms with E-state index in [4.69, 9.17) is 19.9 Å². The van der Waals surface area contributed by atoms with Crippen LogP contribution < -0.4 is 32.3 Å². The highest BCUT2D eigenvalue weighted by Gasteiger charge is 2.41. The Labute approximate surface area is 465 Å². The highest BCUT2D eigenvalue weighted by Crippen LogP contribution is 2.44. The first-order valence-corrected chi connectivity index (χ1v) is 27.7.